The van der Waals surface area contributed by atoms with Crippen molar-refractivity contribution in [1.82, 2.24) is 0 Å². The van der Waals surface area contributed by atoms with Gasteiger partial charge >= 0.3 is 37.4 Å². The van der Waals surface area contributed by atoms with Crippen LogP contribution < -0.4 is 0 Å². The molecule has 0 spiro atoms. The van der Waals surface area contributed by atoms with Gasteiger partial charge in [0.1, 0.15) is 0 Å². The SMILES string of the molecule is O=P(O)(O)O.[NaH].[V].[V]. The van der Waals surface area contributed by atoms with E-state index >= 15 is 0 Å². The maximum absolute atomic E-state index is 8.88. The minimum absolute atomic E-state index is 0. The molecule has 0 unspecified atom stereocenters. The second kappa shape index (κ2) is 9.28. The fraction of sp³-hybridized carbons (Fsp3) is 0. The molecular weight excluding hydrogens is 220 g/mol. The van der Waals surface area contributed by atoms with Crippen molar-refractivity contribution in [3.63, 3.8) is 0 Å². The molecule has 0 amide bonds. The fourth-order valence-electron chi connectivity index (χ4n) is 0. The van der Waals surface area contributed by atoms with Crippen LogP contribution in [0.25, 0.3) is 0 Å². The molecule has 8 heteroatoms. The van der Waals surface area contributed by atoms with Gasteiger partial charge in [0.05, 0.1) is 0 Å². The molecule has 0 saturated heterocycles. The van der Waals surface area contributed by atoms with Crippen LogP contribution in [-0.2, 0) is 41.7 Å². The molecule has 0 fully saturated rings. The standard InChI is InChI=1S/Na.H3O4P.2V.H/c;1-5(2,3)4;;;/h;(H3,1,2,3,4);;;. The molecule has 0 aromatic carbocycles. The van der Waals surface area contributed by atoms with Crippen molar-refractivity contribution >= 4 is 37.4 Å². The first-order chi connectivity index (χ1) is 2.00. The van der Waals surface area contributed by atoms with E-state index in [1.165, 1.54) is 0 Å². The summed E-state index contributed by atoms with van der Waals surface area (Å²) in [6.45, 7) is 0. The quantitative estimate of drug-likeness (QED) is 0.342. The number of rotatable bonds is 0. The third kappa shape index (κ3) is 84.5. The molecule has 3 N–H and O–H groups in total. The third-order valence-electron chi connectivity index (χ3n) is 0. The molecule has 0 aliphatic carbocycles. The van der Waals surface area contributed by atoms with Crippen LogP contribution in [0.1, 0.15) is 0 Å². The Bertz CT molecular complexity index is 60.2. The van der Waals surface area contributed by atoms with Gasteiger partial charge in [-0.2, -0.15) is 0 Å². The Morgan fingerprint density at radius 1 is 1.00 bits per heavy atom. The van der Waals surface area contributed by atoms with Gasteiger partial charge in [-0.3, -0.25) is 0 Å². The summed E-state index contributed by atoms with van der Waals surface area (Å²) >= 11 is 0. The molecule has 0 bridgehead atoms. The van der Waals surface area contributed by atoms with Crippen molar-refractivity contribution in [1.29, 1.82) is 0 Å². The molecule has 0 saturated carbocycles. The summed E-state index contributed by atoms with van der Waals surface area (Å²) in [6, 6.07) is 0. The topological polar surface area (TPSA) is 77.8 Å². The zero-order valence-electron chi connectivity index (χ0n) is 3.09. The van der Waals surface area contributed by atoms with E-state index in [9.17, 15) is 0 Å². The van der Waals surface area contributed by atoms with Crippen LogP contribution >= 0.6 is 7.82 Å². The maximum atomic E-state index is 8.88. The molecule has 0 heterocycles. The Balaban J connectivity index is -0.0000000267. The van der Waals surface area contributed by atoms with Gasteiger partial charge in [0.15, 0.2) is 0 Å². The Morgan fingerprint density at radius 3 is 1.00 bits per heavy atom. The van der Waals surface area contributed by atoms with Gasteiger partial charge in [0.25, 0.3) is 0 Å². The van der Waals surface area contributed by atoms with Gasteiger partial charge in [0.2, 0.25) is 0 Å². The monoisotopic (exact) mass is 224 g/mol. The van der Waals surface area contributed by atoms with Crippen LogP contribution in [0.2, 0.25) is 0 Å². The van der Waals surface area contributed by atoms with Gasteiger partial charge < -0.3 is 14.7 Å². The molecule has 44 valence electrons. The first-order valence-corrected chi connectivity index (χ1v) is 2.35. The van der Waals surface area contributed by atoms with Crippen molar-refractivity contribution in [3.8, 4) is 0 Å². The van der Waals surface area contributed by atoms with Crippen LogP contribution in [0.3, 0.4) is 0 Å². The molecule has 0 atom stereocenters. The third-order valence-corrected chi connectivity index (χ3v) is 0. The van der Waals surface area contributed by atoms with Crippen molar-refractivity contribution in [3.05, 3.63) is 0 Å². The molecular formula is H4NaO4PV2. The zero-order chi connectivity index (χ0) is 4.50. The summed E-state index contributed by atoms with van der Waals surface area (Å²) in [5.41, 5.74) is 0. The Kier molecular flexibility index (Phi) is 26.0. The van der Waals surface area contributed by atoms with Gasteiger partial charge in [0, 0.05) is 37.1 Å². The van der Waals surface area contributed by atoms with Gasteiger partial charge in [-0.25, -0.2) is 4.57 Å². The second-order valence-electron chi connectivity index (χ2n) is 0.513. The van der Waals surface area contributed by atoms with Crippen molar-refractivity contribution in [2.45, 2.75) is 0 Å². The minimum Gasteiger partial charge on any atom is 0 e. The van der Waals surface area contributed by atoms with Crippen molar-refractivity contribution in [2.24, 2.45) is 0 Å². The van der Waals surface area contributed by atoms with Crippen LogP contribution in [0.15, 0.2) is 0 Å². The predicted molar refractivity (Wildman–Crippen MR) is 21.4 cm³/mol. The second-order valence-corrected chi connectivity index (χ2v) is 1.54. The first-order valence-electron chi connectivity index (χ1n) is 0.783. The summed E-state index contributed by atoms with van der Waals surface area (Å²) in [5.74, 6) is 0. The van der Waals surface area contributed by atoms with E-state index in [1.807, 2.05) is 0 Å². The van der Waals surface area contributed by atoms with E-state index in [1.54, 1.807) is 0 Å². The number of hydrogen-bond donors (Lipinski definition) is 3. The van der Waals surface area contributed by atoms with Gasteiger partial charge in [-0.05, 0) is 0 Å². The van der Waals surface area contributed by atoms with E-state index in [2.05, 4.69) is 0 Å². The van der Waals surface area contributed by atoms with E-state index in [4.69, 9.17) is 19.2 Å². The average molecular weight is 224 g/mol. The van der Waals surface area contributed by atoms with Crippen LogP contribution in [-0.4, -0.2) is 44.2 Å². The average Bonchev–Trinajstić information content (AvgIpc) is 0.722. The van der Waals surface area contributed by atoms with Gasteiger partial charge in [-0.1, -0.05) is 0 Å². The summed E-state index contributed by atoms with van der Waals surface area (Å²) in [7, 11) is -4.64. The van der Waals surface area contributed by atoms with E-state index < -0.39 is 7.82 Å². The summed E-state index contributed by atoms with van der Waals surface area (Å²) in [5, 5.41) is 0. The molecule has 8 heavy (non-hydrogen) atoms. The largest absolute Gasteiger partial charge is 0 e. The number of hydrogen-bond acceptors (Lipinski definition) is 1. The van der Waals surface area contributed by atoms with Crippen molar-refractivity contribution < 1.29 is 56.4 Å². The smallest absolute Gasteiger partial charge is 0 e. The summed E-state index contributed by atoms with van der Waals surface area (Å²) in [4.78, 5) is 21.6. The zero-order valence-corrected chi connectivity index (χ0v) is 6.78. The Hall–Kier alpha value is 2.28. The van der Waals surface area contributed by atoms with Crippen molar-refractivity contribution in [2.75, 3.05) is 0 Å². The van der Waals surface area contributed by atoms with E-state index in [0.717, 1.165) is 0 Å². The van der Waals surface area contributed by atoms with Crippen LogP contribution in [0.5, 0.6) is 0 Å². The molecule has 2 radical (unpaired) electrons. The number of phosphoric acid groups is 1. The van der Waals surface area contributed by atoms with Gasteiger partial charge in [-0.15, -0.1) is 0 Å². The molecule has 0 aromatic rings. The first kappa shape index (κ1) is 22.4. The fourth-order valence-corrected chi connectivity index (χ4v) is 0. The predicted octanol–water partition coefficient (Wildman–Crippen LogP) is -1.58. The molecule has 0 aliphatic rings. The minimum atomic E-state index is -4.64. The molecule has 0 rings (SSSR count). The maximum Gasteiger partial charge on any atom is 0 e. The summed E-state index contributed by atoms with van der Waals surface area (Å²) in [6.07, 6.45) is 0. The normalized spacial score (nSPS) is 7.38. The van der Waals surface area contributed by atoms with E-state index in [0.29, 0.717) is 0 Å². The van der Waals surface area contributed by atoms with Crippen LogP contribution in [0.4, 0.5) is 0 Å². The Labute approximate surface area is 92.7 Å². The molecule has 4 nitrogen and oxygen atoms in total. The van der Waals surface area contributed by atoms with Crippen LogP contribution in [0, 0.1) is 0 Å². The van der Waals surface area contributed by atoms with E-state index in [-0.39, 0.29) is 66.7 Å². The molecule has 0 aromatic heterocycles. The summed E-state index contributed by atoms with van der Waals surface area (Å²) < 4.78 is 8.88. The molecule has 0 aliphatic heterocycles. The Morgan fingerprint density at radius 2 is 1.00 bits per heavy atom.